The largest absolute Gasteiger partial charge is 0.347 e. The first-order valence-electron chi connectivity index (χ1n) is 3.96. The average molecular weight is 209 g/mol. The van der Waals surface area contributed by atoms with Crippen LogP contribution in [0.3, 0.4) is 0 Å². The van der Waals surface area contributed by atoms with Crippen molar-refractivity contribution >= 4 is 25.4 Å². The van der Waals surface area contributed by atoms with E-state index in [-0.39, 0.29) is 5.24 Å². The minimum Gasteiger partial charge on any atom is -0.347 e. The smallest absolute Gasteiger partial charge is 0.278 e. The molecule has 0 radical (unpaired) electrons. The third-order valence-electron chi connectivity index (χ3n) is 1.40. The number of hydrogen-bond acceptors (Lipinski definition) is 2. The Labute approximate surface area is 78.5 Å². The Hall–Kier alpha value is -0.0331. The predicted octanol–water partition coefficient (Wildman–Crippen LogP) is 2.62. The van der Waals surface area contributed by atoms with E-state index in [0.717, 1.165) is 18.2 Å². The summed E-state index contributed by atoms with van der Waals surface area (Å²) in [6.45, 7) is 3.97. The second-order valence-corrected chi connectivity index (χ2v) is 7.96. The summed E-state index contributed by atoms with van der Waals surface area (Å²) in [5, 5.41) is 2.65. The van der Waals surface area contributed by atoms with Crippen molar-refractivity contribution in [3.63, 3.8) is 0 Å². The molecule has 5 heteroatoms. The Morgan fingerprint density at radius 1 is 1.58 bits per heavy atom. The molecular weight excluding hydrogens is 193 g/mol. The van der Waals surface area contributed by atoms with Crippen LogP contribution in [0.4, 0.5) is 8.90 Å². The number of carbonyl (C=O) groups excluding carboxylic acids is 1. The van der Waals surface area contributed by atoms with Gasteiger partial charge in [-0.2, -0.15) is 0 Å². The molecule has 0 spiro atoms. The van der Waals surface area contributed by atoms with Crippen LogP contribution in [0.2, 0.25) is 19.1 Å². The molecule has 1 amide bonds. The molecule has 0 aromatic rings. The molecule has 0 aliphatic heterocycles. The van der Waals surface area contributed by atoms with Crippen LogP contribution in [0.5, 0.6) is 0 Å². The highest BCUT2D eigenvalue weighted by molar-refractivity contribution is 8.12. The second-order valence-electron chi connectivity index (χ2n) is 3.24. The number of nitrogens with one attached hydrogen (secondary N) is 1. The monoisotopic (exact) mass is 209 g/mol. The van der Waals surface area contributed by atoms with E-state index in [1.165, 1.54) is 0 Å². The summed E-state index contributed by atoms with van der Waals surface area (Å²) < 4.78 is 13.0. The number of rotatable bonds is 4. The zero-order valence-electron chi connectivity index (χ0n) is 7.82. The van der Waals surface area contributed by atoms with E-state index in [0.29, 0.717) is 12.6 Å². The fraction of sp³-hybridized carbons (Fsp3) is 0.857. The van der Waals surface area contributed by atoms with Gasteiger partial charge in [0.2, 0.25) is 8.41 Å². The number of hydrogen-bond donors (Lipinski definition) is 1. The average Bonchev–Trinajstić information content (AvgIpc) is 1.96. The maximum atomic E-state index is 13.0. The van der Waals surface area contributed by atoms with Crippen LogP contribution in [0.15, 0.2) is 0 Å². The summed E-state index contributed by atoms with van der Waals surface area (Å²) in [7, 11) is -2.40. The number of thioether (sulfide) groups is 1. The van der Waals surface area contributed by atoms with Crippen LogP contribution in [0, 0.1) is 0 Å². The predicted molar refractivity (Wildman–Crippen MR) is 54.9 cm³/mol. The second kappa shape index (κ2) is 5.58. The van der Waals surface area contributed by atoms with Crippen molar-refractivity contribution < 1.29 is 8.90 Å². The number of amides is 1. The summed E-state index contributed by atoms with van der Waals surface area (Å²) in [6, 6.07) is 0.627. The molecule has 12 heavy (non-hydrogen) atoms. The molecule has 0 heterocycles. The van der Waals surface area contributed by atoms with Crippen molar-refractivity contribution in [3.05, 3.63) is 0 Å². The molecule has 0 aliphatic carbocycles. The van der Waals surface area contributed by atoms with Gasteiger partial charge in [0.1, 0.15) is 0 Å². The van der Waals surface area contributed by atoms with Crippen molar-refractivity contribution in [3.8, 4) is 0 Å². The maximum Gasteiger partial charge on any atom is 0.278 e. The highest BCUT2D eigenvalue weighted by Gasteiger charge is 2.18. The topological polar surface area (TPSA) is 29.1 Å². The van der Waals surface area contributed by atoms with Crippen LogP contribution < -0.4 is 5.32 Å². The molecule has 0 saturated carbocycles. The van der Waals surface area contributed by atoms with Crippen LogP contribution in [-0.4, -0.2) is 26.4 Å². The Morgan fingerprint density at radius 2 is 2.17 bits per heavy atom. The zero-order valence-corrected chi connectivity index (χ0v) is 9.63. The van der Waals surface area contributed by atoms with Gasteiger partial charge in [0.15, 0.2) is 0 Å². The van der Waals surface area contributed by atoms with E-state index in [2.05, 4.69) is 5.32 Å². The van der Waals surface area contributed by atoms with Crippen LogP contribution in [-0.2, 0) is 0 Å². The summed E-state index contributed by atoms with van der Waals surface area (Å²) >= 11 is 1.15. The normalized spacial score (nSPS) is 11.3. The van der Waals surface area contributed by atoms with Crippen molar-refractivity contribution in [2.45, 2.75) is 25.6 Å². The number of carbonyl (C=O) groups is 1. The molecule has 0 aliphatic rings. The lowest BCUT2D eigenvalue weighted by Crippen LogP contribution is -2.23. The molecule has 0 saturated heterocycles. The minimum atomic E-state index is -2.40. The highest BCUT2D eigenvalue weighted by atomic mass is 32.2. The van der Waals surface area contributed by atoms with Gasteiger partial charge in [0.25, 0.3) is 5.24 Å². The molecule has 0 atom stereocenters. The molecule has 72 valence electrons. The van der Waals surface area contributed by atoms with Gasteiger partial charge in [-0.3, -0.25) is 4.79 Å². The van der Waals surface area contributed by atoms with Crippen molar-refractivity contribution in [1.29, 1.82) is 0 Å². The van der Waals surface area contributed by atoms with E-state index >= 15 is 0 Å². The van der Waals surface area contributed by atoms with E-state index in [1.54, 1.807) is 19.3 Å². The van der Waals surface area contributed by atoms with Gasteiger partial charge >= 0.3 is 0 Å². The van der Waals surface area contributed by atoms with E-state index in [9.17, 15) is 8.90 Å². The fourth-order valence-corrected chi connectivity index (χ4v) is 2.04. The van der Waals surface area contributed by atoms with Crippen LogP contribution >= 0.6 is 11.8 Å². The summed E-state index contributed by atoms with van der Waals surface area (Å²) in [4.78, 5) is 10.7. The van der Waals surface area contributed by atoms with Gasteiger partial charge in [-0.05, 0) is 31.8 Å². The van der Waals surface area contributed by atoms with Gasteiger partial charge in [0, 0.05) is 6.54 Å². The number of halogens is 1. The Bertz CT molecular complexity index is 149. The summed E-state index contributed by atoms with van der Waals surface area (Å²) in [6.07, 6.45) is 2.48. The van der Waals surface area contributed by atoms with Gasteiger partial charge in [0.05, 0.1) is 0 Å². The Balaban J connectivity index is 3.28. The van der Waals surface area contributed by atoms with Gasteiger partial charge in [-0.25, -0.2) is 0 Å². The molecule has 2 nitrogen and oxygen atoms in total. The molecule has 0 fully saturated rings. The van der Waals surface area contributed by atoms with E-state index in [1.807, 2.05) is 0 Å². The molecule has 1 N–H and O–H groups in total. The van der Waals surface area contributed by atoms with Crippen LogP contribution in [0.25, 0.3) is 0 Å². The lowest BCUT2D eigenvalue weighted by molar-refractivity contribution is 0.261. The van der Waals surface area contributed by atoms with Crippen LogP contribution in [0.1, 0.15) is 6.42 Å². The Kier molecular flexibility index (Phi) is 5.57. The van der Waals surface area contributed by atoms with Crippen molar-refractivity contribution in [2.24, 2.45) is 0 Å². The van der Waals surface area contributed by atoms with Crippen molar-refractivity contribution in [2.75, 3.05) is 12.8 Å². The molecule has 0 unspecified atom stereocenters. The van der Waals surface area contributed by atoms with Crippen molar-refractivity contribution in [1.82, 2.24) is 5.32 Å². The Morgan fingerprint density at radius 3 is 2.58 bits per heavy atom. The molecule has 0 aromatic heterocycles. The zero-order chi connectivity index (χ0) is 9.61. The molecule has 0 bridgehead atoms. The maximum absolute atomic E-state index is 13.0. The van der Waals surface area contributed by atoms with Gasteiger partial charge < -0.3 is 9.42 Å². The van der Waals surface area contributed by atoms with E-state index < -0.39 is 8.41 Å². The first kappa shape index (κ1) is 12.0. The third kappa shape index (κ3) is 8.07. The molecular formula is C7H16FNOSSi. The first-order valence-corrected chi connectivity index (χ1v) is 8.27. The van der Waals surface area contributed by atoms with E-state index in [4.69, 9.17) is 0 Å². The highest BCUT2D eigenvalue weighted by Crippen LogP contribution is 2.12. The van der Waals surface area contributed by atoms with Gasteiger partial charge in [-0.1, -0.05) is 11.8 Å². The SMILES string of the molecule is CSC(=O)NCCC[Si](C)(C)F. The lowest BCUT2D eigenvalue weighted by atomic mass is 10.5. The van der Waals surface area contributed by atoms with Gasteiger partial charge in [-0.15, -0.1) is 0 Å². The summed E-state index contributed by atoms with van der Waals surface area (Å²) in [5.41, 5.74) is 0. The lowest BCUT2D eigenvalue weighted by Gasteiger charge is -2.10. The standard InChI is InChI=1S/C7H16FNOSSi/c1-11-7(10)9-5-4-6-12(2,3)8/h4-6H2,1-3H3,(H,9,10). The summed E-state index contributed by atoms with van der Waals surface area (Å²) in [5.74, 6) is 0. The molecule has 0 rings (SSSR count). The molecule has 0 aromatic carbocycles. The fourth-order valence-electron chi connectivity index (χ4n) is 0.771. The quantitative estimate of drug-likeness (QED) is 0.438. The third-order valence-corrected chi connectivity index (χ3v) is 3.46. The first-order chi connectivity index (χ1) is 5.45. The minimum absolute atomic E-state index is 0.0340.